The molecule has 0 aliphatic heterocycles. The standard InChI is InChI=1S/C36H59N7O7S2/c1-19(2)11-26(28(44)12-22(7)33(46)43-31(21(5)6)35(48)37-14-20(3)4)41-34(47)27(15-38-36(49)50-16-30-40-25(10)18-52-30)42-32(45)23(8)13-29-39-24(9)17-51-29/h17-23,26-28,31,44H,11-16H2,1-10H3,(H,37,48)(H,38,49)(H,41,47)(H,42,45)(H,43,46). The van der Waals surface area contributed by atoms with Gasteiger partial charge in [0.15, 0.2) is 0 Å². The predicted molar refractivity (Wildman–Crippen MR) is 202 cm³/mol. The number of aliphatic hydroxyl groups excluding tert-OH is 1. The number of thiazole rings is 2. The van der Waals surface area contributed by atoms with Gasteiger partial charge >= 0.3 is 6.09 Å². The summed E-state index contributed by atoms with van der Waals surface area (Å²) >= 11 is 2.80. The van der Waals surface area contributed by atoms with Crippen LogP contribution in [0.2, 0.25) is 0 Å². The van der Waals surface area contributed by atoms with Crippen molar-refractivity contribution in [1.82, 2.24) is 36.6 Å². The molecular weight excluding hydrogens is 707 g/mol. The van der Waals surface area contributed by atoms with Crippen molar-refractivity contribution in [3.05, 3.63) is 32.2 Å². The molecule has 0 radical (unpaired) electrons. The van der Waals surface area contributed by atoms with E-state index in [0.717, 1.165) is 16.4 Å². The lowest BCUT2D eigenvalue weighted by Gasteiger charge is -2.30. The monoisotopic (exact) mass is 765 g/mol. The smallest absolute Gasteiger partial charge is 0.407 e. The van der Waals surface area contributed by atoms with Crippen molar-refractivity contribution < 1.29 is 33.8 Å². The summed E-state index contributed by atoms with van der Waals surface area (Å²) in [5, 5.41) is 30.4. The molecule has 2 heterocycles. The maximum Gasteiger partial charge on any atom is 0.407 e. The molecule has 14 nitrogen and oxygen atoms in total. The third-order valence-electron chi connectivity index (χ3n) is 8.16. The van der Waals surface area contributed by atoms with Gasteiger partial charge in [-0.3, -0.25) is 19.2 Å². The van der Waals surface area contributed by atoms with E-state index in [4.69, 9.17) is 4.74 Å². The Morgan fingerprint density at radius 2 is 1.31 bits per heavy atom. The topological polar surface area (TPSA) is 201 Å². The third-order valence-corrected chi connectivity index (χ3v) is 10.1. The molecule has 16 heteroatoms. The van der Waals surface area contributed by atoms with Gasteiger partial charge in [-0.05, 0) is 44.4 Å². The van der Waals surface area contributed by atoms with E-state index < -0.39 is 59.9 Å². The van der Waals surface area contributed by atoms with Crippen molar-refractivity contribution in [3.8, 4) is 0 Å². The second-order valence-electron chi connectivity index (χ2n) is 14.7. The van der Waals surface area contributed by atoms with Gasteiger partial charge in [0.05, 0.1) is 23.7 Å². The van der Waals surface area contributed by atoms with Crippen LogP contribution in [0.25, 0.3) is 0 Å². The van der Waals surface area contributed by atoms with E-state index in [9.17, 15) is 29.1 Å². The van der Waals surface area contributed by atoms with Gasteiger partial charge in [0.25, 0.3) is 0 Å². The average molecular weight is 766 g/mol. The number of nitrogens with zero attached hydrogens (tertiary/aromatic N) is 2. The van der Waals surface area contributed by atoms with Crippen molar-refractivity contribution in [2.45, 2.75) is 119 Å². The van der Waals surface area contributed by atoms with Crippen molar-refractivity contribution in [1.29, 1.82) is 0 Å². The van der Waals surface area contributed by atoms with Gasteiger partial charge in [-0.25, -0.2) is 14.8 Å². The van der Waals surface area contributed by atoms with E-state index in [2.05, 4.69) is 36.6 Å². The molecule has 0 bridgehead atoms. The number of hydrogen-bond donors (Lipinski definition) is 6. The lowest BCUT2D eigenvalue weighted by atomic mass is 9.91. The number of amides is 5. The van der Waals surface area contributed by atoms with Crippen LogP contribution in [0.3, 0.4) is 0 Å². The number of aromatic nitrogens is 2. The van der Waals surface area contributed by atoms with Crippen LogP contribution in [0, 0.1) is 43.4 Å². The van der Waals surface area contributed by atoms with Crippen LogP contribution in [0.5, 0.6) is 0 Å². The lowest BCUT2D eigenvalue weighted by Crippen LogP contribution is -2.57. The molecule has 0 aliphatic rings. The fourth-order valence-electron chi connectivity index (χ4n) is 5.19. The maximum absolute atomic E-state index is 13.8. The third kappa shape index (κ3) is 15.9. The zero-order valence-electron chi connectivity index (χ0n) is 32.2. The fourth-order valence-corrected chi connectivity index (χ4v) is 6.77. The Morgan fingerprint density at radius 3 is 1.85 bits per heavy atom. The highest BCUT2D eigenvalue weighted by molar-refractivity contribution is 7.09. The molecule has 0 fully saturated rings. The molecule has 0 spiro atoms. The minimum Gasteiger partial charge on any atom is -0.442 e. The predicted octanol–water partition coefficient (Wildman–Crippen LogP) is 3.64. The Morgan fingerprint density at radius 1 is 0.712 bits per heavy atom. The Bertz CT molecular complexity index is 1460. The quantitative estimate of drug-likeness (QED) is 0.110. The van der Waals surface area contributed by atoms with Crippen LogP contribution in [-0.4, -0.2) is 82.1 Å². The van der Waals surface area contributed by atoms with Crippen LogP contribution >= 0.6 is 22.7 Å². The molecule has 0 saturated heterocycles. The molecule has 6 atom stereocenters. The molecule has 292 valence electrons. The highest BCUT2D eigenvalue weighted by Crippen LogP contribution is 2.18. The molecule has 0 aliphatic carbocycles. The number of ether oxygens (including phenoxy) is 1. The van der Waals surface area contributed by atoms with Gasteiger partial charge in [0.2, 0.25) is 23.6 Å². The molecule has 2 aromatic rings. The minimum absolute atomic E-state index is 0.00399. The van der Waals surface area contributed by atoms with Gasteiger partial charge in [-0.2, -0.15) is 0 Å². The highest BCUT2D eigenvalue weighted by atomic mass is 32.1. The Labute approximate surface area is 316 Å². The van der Waals surface area contributed by atoms with E-state index in [1.165, 1.54) is 22.7 Å². The summed E-state index contributed by atoms with van der Waals surface area (Å²) in [5.41, 5.74) is 1.66. The number of nitrogens with one attached hydrogen (secondary N) is 5. The second-order valence-corrected chi connectivity index (χ2v) is 16.6. The van der Waals surface area contributed by atoms with E-state index in [-0.39, 0.29) is 43.2 Å². The molecule has 0 saturated carbocycles. The van der Waals surface area contributed by atoms with Gasteiger partial charge in [0.1, 0.15) is 23.7 Å². The average Bonchev–Trinajstić information content (AvgIpc) is 3.68. The van der Waals surface area contributed by atoms with Gasteiger partial charge < -0.3 is 36.4 Å². The first-order valence-electron chi connectivity index (χ1n) is 18.0. The Hall–Kier alpha value is -3.63. The van der Waals surface area contributed by atoms with Crippen LogP contribution in [-0.2, 0) is 36.9 Å². The summed E-state index contributed by atoms with van der Waals surface area (Å²) in [6.07, 6.45) is -1.18. The van der Waals surface area contributed by atoms with Crippen LogP contribution in [0.15, 0.2) is 10.8 Å². The Kier molecular flexibility index (Phi) is 18.7. The number of aryl methyl sites for hydroxylation is 2. The van der Waals surface area contributed by atoms with Gasteiger partial charge in [0, 0.05) is 46.9 Å². The van der Waals surface area contributed by atoms with Crippen LogP contribution in [0.1, 0.15) is 89.6 Å². The molecule has 0 aromatic carbocycles. The number of carbonyl (C=O) groups excluding carboxylic acids is 5. The normalized spacial score (nSPS) is 15.0. The molecule has 6 N–H and O–H groups in total. The van der Waals surface area contributed by atoms with E-state index >= 15 is 0 Å². The van der Waals surface area contributed by atoms with Crippen molar-refractivity contribution in [2.24, 2.45) is 29.6 Å². The SMILES string of the molecule is Cc1csc(COC(=O)NCC(NC(=O)C(C)Cc2nc(C)cs2)C(=O)NC(CC(C)C)C(O)CC(C)C(=O)NC(C(=O)NCC(C)C)C(C)C)n1. The molecule has 52 heavy (non-hydrogen) atoms. The van der Waals surface area contributed by atoms with E-state index in [1.807, 2.05) is 66.2 Å². The van der Waals surface area contributed by atoms with Crippen LogP contribution in [0.4, 0.5) is 4.79 Å². The number of hydrogen-bond acceptors (Lipinski definition) is 11. The second kappa shape index (κ2) is 21.8. The summed E-state index contributed by atoms with van der Waals surface area (Å²) in [7, 11) is 0. The van der Waals surface area contributed by atoms with Gasteiger partial charge in [-0.15, -0.1) is 22.7 Å². The minimum atomic E-state index is -1.21. The fraction of sp³-hybridized carbons (Fsp3) is 0.694. The Balaban J connectivity index is 2.15. The first-order chi connectivity index (χ1) is 24.4. The van der Waals surface area contributed by atoms with Crippen molar-refractivity contribution in [2.75, 3.05) is 13.1 Å². The highest BCUT2D eigenvalue weighted by Gasteiger charge is 2.32. The molecule has 2 rings (SSSR count). The zero-order chi connectivity index (χ0) is 39.1. The summed E-state index contributed by atoms with van der Waals surface area (Å²) in [4.78, 5) is 74.4. The zero-order valence-corrected chi connectivity index (χ0v) is 33.8. The maximum atomic E-state index is 13.8. The van der Waals surface area contributed by atoms with E-state index in [1.54, 1.807) is 13.8 Å². The van der Waals surface area contributed by atoms with Gasteiger partial charge in [-0.1, -0.05) is 55.4 Å². The first-order valence-corrected chi connectivity index (χ1v) is 19.7. The molecule has 2 aromatic heterocycles. The summed E-state index contributed by atoms with van der Waals surface area (Å²) in [6, 6.07) is -2.73. The summed E-state index contributed by atoms with van der Waals surface area (Å²) < 4.78 is 5.27. The first kappa shape index (κ1) is 44.5. The van der Waals surface area contributed by atoms with Crippen molar-refractivity contribution in [3.63, 3.8) is 0 Å². The summed E-state index contributed by atoms with van der Waals surface area (Å²) in [5.74, 6) is -2.77. The summed E-state index contributed by atoms with van der Waals surface area (Å²) in [6.45, 7) is 18.8. The molecule has 6 unspecified atom stereocenters. The number of rotatable bonds is 21. The number of aliphatic hydroxyl groups is 1. The van der Waals surface area contributed by atoms with Crippen molar-refractivity contribution >= 4 is 52.4 Å². The molecular formula is C36H59N7O7S2. The lowest BCUT2D eigenvalue weighted by molar-refractivity contribution is -0.133. The molecule has 5 amide bonds. The number of carbonyl (C=O) groups is 5. The van der Waals surface area contributed by atoms with Crippen LogP contribution < -0.4 is 26.6 Å². The number of alkyl carbamates (subject to hydrolysis) is 1. The van der Waals surface area contributed by atoms with E-state index in [0.29, 0.717) is 24.4 Å². The largest absolute Gasteiger partial charge is 0.442 e.